The molecule has 0 unspecified atom stereocenters. The average Bonchev–Trinajstić information content (AvgIpc) is 2.43. The first-order valence-corrected chi connectivity index (χ1v) is 7.22. The van der Waals surface area contributed by atoms with Gasteiger partial charge >= 0.3 is 0 Å². The summed E-state index contributed by atoms with van der Waals surface area (Å²) in [4.78, 5) is 13.3. The van der Waals surface area contributed by atoms with Crippen molar-refractivity contribution in [3.8, 4) is 11.5 Å². The standard InChI is InChI=1S/C14H17BrN4/c1-3-6-10-11(15)13(16)19-14(18-10)12-9(4-2)7-5-8-17-12/h5,7-8H,3-4,6H2,1-2H3,(H2,16,18,19). The van der Waals surface area contributed by atoms with Gasteiger partial charge in [-0.25, -0.2) is 9.97 Å². The van der Waals surface area contributed by atoms with Gasteiger partial charge in [-0.2, -0.15) is 0 Å². The van der Waals surface area contributed by atoms with Gasteiger partial charge in [-0.15, -0.1) is 0 Å². The van der Waals surface area contributed by atoms with E-state index in [4.69, 9.17) is 5.73 Å². The number of halogens is 1. The Morgan fingerprint density at radius 1 is 1.26 bits per heavy atom. The zero-order chi connectivity index (χ0) is 13.8. The number of aryl methyl sites for hydroxylation is 2. The Kier molecular flexibility index (Phi) is 4.47. The van der Waals surface area contributed by atoms with Gasteiger partial charge < -0.3 is 5.73 Å². The van der Waals surface area contributed by atoms with E-state index in [1.165, 1.54) is 0 Å². The molecule has 0 aliphatic carbocycles. The molecule has 100 valence electrons. The van der Waals surface area contributed by atoms with Gasteiger partial charge in [0, 0.05) is 6.20 Å². The van der Waals surface area contributed by atoms with Crippen LogP contribution in [0, 0.1) is 0 Å². The summed E-state index contributed by atoms with van der Waals surface area (Å²) >= 11 is 3.45. The summed E-state index contributed by atoms with van der Waals surface area (Å²) in [6, 6.07) is 3.97. The maximum atomic E-state index is 5.95. The summed E-state index contributed by atoms with van der Waals surface area (Å²) in [6.07, 6.45) is 4.53. The predicted octanol–water partition coefficient (Wildman–Crippen LogP) is 3.40. The molecule has 2 N–H and O–H groups in total. The Bertz CT molecular complexity index is 584. The van der Waals surface area contributed by atoms with Crippen molar-refractivity contribution in [3.05, 3.63) is 34.1 Å². The molecule has 0 saturated heterocycles. The molecule has 19 heavy (non-hydrogen) atoms. The molecule has 0 spiro atoms. The fourth-order valence-electron chi connectivity index (χ4n) is 1.95. The summed E-state index contributed by atoms with van der Waals surface area (Å²) in [7, 11) is 0. The fourth-order valence-corrected chi connectivity index (χ4v) is 2.32. The van der Waals surface area contributed by atoms with Gasteiger partial charge in [0.05, 0.1) is 10.2 Å². The van der Waals surface area contributed by atoms with Crippen LogP contribution in [0.5, 0.6) is 0 Å². The first-order valence-electron chi connectivity index (χ1n) is 6.43. The number of nitrogens with two attached hydrogens (primary N) is 1. The van der Waals surface area contributed by atoms with Gasteiger partial charge in [-0.1, -0.05) is 26.3 Å². The maximum Gasteiger partial charge on any atom is 0.180 e. The lowest BCUT2D eigenvalue weighted by molar-refractivity contribution is 0.867. The number of aromatic nitrogens is 3. The van der Waals surface area contributed by atoms with Crippen LogP contribution in [0.15, 0.2) is 22.8 Å². The van der Waals surface area contributed by atoms with Crippen LogP contribution in [-0.2, 0) is 12.8 Å². The van der Waals surface area contributed by atoms with Gasteiger partial charge in [0.25, 0.3) is 0 Å². The lowest BCUT2D eigenvalue weighted by Gasteiger charge is -2.10. The largest absolute Gasteiger partial charge is 0.383 e. The normalized spacial score (nSPS) is 10.7. The number of anilines is 1. The number of pyridine rings is 1. The highest BCUT2D eigenvalue weighted by molar-refractivity contribution is 9.10. The lowest BCUT2D eigenvalue weighted by atomic mass is 10.1. The molecule has 2 rings (SSSR count). The molecule has 2 aromatic heterocycles. The molecule has 2 aromatic rings. The van der Waals surface area contributed by atoms with Crippen LogP contribution in [0.1, 0.15) is 31.5 Å². The number of hydrogen-bond acceptors (Lipinski definition) is 4. The van der Waals surface area contributed by atoms with Crippen LogP contribution in [0.25, 0.3) is 11.5 Å². The molecule has 4 nitrogen and oxygen atoms in total. The van der Waals surface area contributed by atoms with Gasteiger partial charge in [-0.3, -0.25) is 4.98 Å². The van der Waals surface area contributed by atoms with Gasteiger partial charge in [-0.05, 0) is 40.4 Å². The van der Waals surface area contributed by atoms with Crippen LogP contribution in [0.4, 0.5) is 5.82 Å². The average molecular weight is 321 g/mol. The quantitative estimate of drug-likeness (QED) is 0.937. The third-order valence-electron chi connectivity index (χ3n) is 2.92. The minimum atomic E-state index is 0.473. The molecule has 0 bridgehead atoms. The van der Waals surface area contributed by atoms with Crippen molar-refractivity contribution in [2.45, 2.75) is 33.1 Å². The molecule has 0 atom stereocenters. The smallest absolute Gasteiger partial charge is 0.180 e. The summed E-state index contributed by atoms with van der Waals surface area (Å²) in [5, 5.41) is 0. The van der Waals surface area contributed by atoms with Crippen molar-refractivity contribution in [2.75, 3.05) is 5.73 Å². The molecule has 5 heteroatoms. The van der Waals surface area contributed by atoms with Crippen molar-refractivity contribution in [1.82, 2.24) is 15.0 Å². The van der Waals surface area contributed by atoms with Gasteiger partial charge in [0.1, 0.15) is 11.5 Å². The van der Waals surface area contributed by atoms with Crippen LogP contribution < -0.4 is 5.73 Å². The van der Waals surface area contributed by atoms with E-state index >= 15 is 0 Å². The van der Waals surface area contributed by atoms with E-state index in [2.05, 4.69) is 44.7 Å². The topological polar surface area (TPSA) is 64.7 Å². The molecule has 0 saturated carbocycles. The molecule has 0 radical (unpaired) electrons. The fraction of sp³-hybridized carbons (Fsp3) is 0.357. The summed E-state index contributed by atoms with van der Waals surface area (Å²) in [6.45, 7) is 4.21. The van der Waals surface area contributed by atoms with Crippen LogP contribution >= 0.6 is 15.9 Å². The van der Waals surface area contributed by atoms with Gasteiger partial charge in [0.2, 0.25) is 0 Å². The molecule has 0 aliphatic heterocycles. The molecule has 0 aromatic carbocycles. The second kappa shape index (κ2) is 6.10. The minimum Gasteiger partial charge on any atom is -0.383 e. The predicted molar refractivity (Wildman–Crippen MR) is 80.7 cm³/mol. The van der Waals surface area contributed by atoms with Crippen molar-refractivity contribution >= 4 is 21.7 Å². The molecular weight excluding hydrogens is 304 g/mol. The highest BCUT2D eigenvalue weighted by Crippen LogP contribution is 2.26. The monoisotopic (exact) mass is 320 g/mol. The number of nitrogens with zero attached hydrogens (tertiary/aromatic N) is 3. The molecular formula is C14H17BrN4. The second-order valence-corrected chi connectivity index (χ2v) is 5.10. The summed E-state index contributed by atoms with van der Waals surface area (Å²) < 4.78 is 0.798. The SMILES string of the molecule is CCCc1nc(-c2ncccc2CC)nc(N)c1Br. The van der Waals surface area contributed by atoms with Gasteiger partial charge in [0.15, 0.2) is 5.82 Å². The van der Waals surface area contributed by atoms with Crippen molar-refractivity contribution in [3.63, 3.8) is 0 Å². The third kappa shape index (κ3) is 2.92. The Balaban J connectivity index is 2.56. The minimum absolute atomic E-state index is 0.473. The Labute approximate surface area is 121 Å². The van der Waals surface area contributed by atoms with E-state index < -0.39 is 0 Å². The van der Waals surface area contributed by atoms with E-state index in [9.17, 15) is 0 Å². The Morgan fingerprint density at radius 2 is 2.05 bits per heavy atom. The van der Waals surface area contributed by atoms with Crippen molar-refractivity contribution in [2.24, 2.45) is 0 Å². The molecule has 0 aliphatic rings. The van der Waals surface area contributed by atoms with E-state index in [-0.39, 0.29) is 0 Å². The first kappa shape index (κ1) is 13.9. The molecule has 0 fully saturated rings. The lowest BCUT2D eigenvalue weighted by Crippen LogP contribution is -2.05. The second-order valence-electron chi connectivity index (χ2n) is 4.31. The zero-order valence-electron chi connectivity index (χ0n) is 11.2. The van der Waals surface area contributed by atoms with Crippen LogP contribution in [-0.4, -0.2) is 15.0 Å². The first-order chi connectivity index (χ1) is 9.17. The van der Waals surface area contributed by atoms with Crippen molar-refractivity contribution < 1.29 is 0 Å². The van der Waals surface area contributed by atoms with E-state index in [0.717, 1.165) is 40.7 Å². The maximum absolute atomic E-state index is 5.95. The molecule has 0 amide bonds. The Hall–Kier alpha value is -1.49. The zero-order valence-corrected chi connectivity index (χ0v) is 12.7. The highest BCUT2D eigenvalue weighted by atomic mass is 79.9. The third-order valence-corrected chi connectivity index (χ3v) is 3.78. The van der Waals surface area contributed by atoms with Crippen LogP contribution in [0.3, 0.4) is 0 Å². The van der Waals surface area contributed by atoms with E-state index in [1.54, 1.807) is 6.20 Å². The number of rotatable bonds is 4. The number of hydrogen-bond donors (Lipinski definition) is 1. The highest BCUT2D eigenvalue weighted by Gasteiger charge is 2.13. The summed E-state index contributed by atoms with van der Waals surface area (Å²) in [5.74, 6) is 1.09. The molecule has 2 heterocycles. The summed E-state index contributed by atoms with van der Waals surface area (Å²) in [5.41, 5.74) is 8.85. The van der Waals surface area contributed by atoms with E-state index in [0.29, 0.717) is 11.6 Å². The van der Waals surface area contributed by atoms with Crippen molar-refractivity contribution in [1.29, 1.82) is 0 Å². The Morgan fingerprint density at radius 3 is 2.74 bits per heavy atom. The number of nitrogen functional groups attached to an aromatic ring is 1. The van der Waals surface area contributed by atoms with Crippen LogP contribution in [0.2, 0.25) is 0 Å². The van der Waals surface area contributed by atoms with E-state index in [1.807, 2.05) is 12.1 Å².